The molecule has 2 aliphatic heterocycles. The van der Waals surface area contributed by atoms with Crippen molar-refractivity contribution in [2.24, 2.45) is 0 Å². The first-order valence-corrected chi connectivity index (χ1v) is 13.8. The molecule has 1 aromatic carbocycles. The van der Waals surface area contributed by atoms with Gasteiger partial charge in [0.2, 0.25) is 5.91 Å². The van der Waals surface area contributed by atoms with Crippen LogP contribution in [-0.4, -0.2) is 87.6 Å². The predicted molar refractivity (Wildman–Crippen MR) is 132 cm³/mol. The van der Waals surface area contributed by atoms with Gasteiger partial charge in [0.15, 0.2) is 16.1 Å². The van der Waals surface area contributed by atoms with Crippen molar-refractivity contribution in [3.05, 3.63) is 41.5 Å². The maximum absolute atomic E-state index is 12.2. The van der Waals surface area contributed by atoms with Crippen LogP contribution in [0.3, 0.4) is 0 Å². The fourth-order valence-electron chi connectivity index (χ4n) is 4.54. The third-order valence-corrected chi connectivity index (χ3v) is 8.03. The van der Waals surface area contributed by atoms with Crippen molar-refractivity contribution in [3.63, 3.8) is 0 Å². The van der Waals surface area contributed by atoms with Gasteiger partial charge in [-0.3, -0.25) is 4.79 Å². The molecule has 0 saturated carbocycles. The molecule has 0 aromatic heterocycles. The van der Waals surface area contributed by atoms with Crippen LogP contribution in [0, 0.1) is 0 Å². The summed E-state index contributed by atoms with van der Waals surface area (Å²) in [7, 11) is 0.483. The van der Waals surface area contributed by atoms with Crippen molar-refractivity contribution in [3.8, 4) is 0 Å². The number of amides is 1. The topological polar surface area (TPSA) is 105 Å². The van der Waals surface area contributed by atoms with Gasteiger partial charge in [-0.1, -0.05) is 30.3 Å². The molecule has 190 valence electrons. The molecular weight excluding hydrogens is 456 g/mol. The lowest BCUT2D eigenvalue weighted by atomic mass is 9.98. The standard InChI is InChI=1S/C25H38N2O6S/c1-18-16-22(24(29)25(32-3)33-18)27(2)14-11-23(28)26-13-5-4-6-19-7-9-20(10-8-19)21-12-15-34(30,31)17-21/h7-10,12,18,22,24-25,29H,4-6,11,13-17H2,1-3H3,(H,26,28)/t18-,22+,24-,25-/m1/s1. The minimum absolute atomic E-state index is 0.00822. The maximum Gasteiger partial charge on any atom is 0.221 e. The van der Waals surface area contributed by atoms with Crippen LogP contribution in [0.4, 0.5) is 0 Å². The molecule has 0 spiro atoms. The SMILES string of the molecule is CO[C@@H]1O[C@H](C)C[C@H](N(C)CCC(=O)NCCCCc2ccc(C3=CCS(=O)(=O)C3)cc2)[C@H]1O. The average molecular weight is 495 g/mol. The molecule has 0 unspecified atom stereocenters. The monoisotopic (exact) mass is 494 g/mol. The molecule has 2 heterocycles. The van der Waals surface area contributed by atoms with E-state index >= 15 is 0 Å². The summed E-state index contributed by atoms with van der Waals surface area (Å²) in [6.07, 6.45) is 4.23. The minimum atomic E-state index is -2.96. The minimum Gasteiger partial charge on any atom is -0.386 e. The van der Waals surface area contributed by atoms with Crippen LogP contribution >= 0.6 is 0 Å². The Morgan fingerprint density at radius 3 is 2.65 bits per heavy atom. The number of rotatable bonds is 11. The van der Waals surface area contributed by atoms with Gasteiger partial charge in [0.25, 0.3) is 0 Å². The zero-order valence-corrected chi connectivity index (χ0v) is 21.2. The van der Waals surface area contributed by atoms with E-state index < -0.39 is 22.2 Å². The highest BCUT2D eigenvalue weighted by Crippen LogP contribution is 2.25. The highest BCUT2D eigenvalue weighted by Gasteiger charge is 2.38. The Morgan fingerprint density at radius 2 is 2.00 bits per heavy atom. The van der Waals surface area contributed by atoms with Gasteiger partial charge in [0.05, 0.1) is 17.6 Å². The number of carbonyl (C=O) groups is 1. The quantitative estimate of drug-likeness (QED) is 0.452. The van der Waals surface area contributed by atoms with E-state index in [1.165, 1.54) is 12.7 Å². The molecule has 8 nitrogen and oxygen atoms in total. The van der Waals surface area contributed by atoms with Crippen LogP contribution in [0.25, 0.3) is 5.57 Å². The first-order chi connectivity index (χ1) is 16.2. The number of nitrogens with zero attached hydrogens (tertiary/aromatic N) is 1. The van der Waals surface area contributed by atoms with Gasteiger partial charge in [0, 0.05) is 32.7 Å². The Kier molecular flexibility index (Phi) is 9.67. The molecule has 4 atom stereocenters. The fraction of sp³-hybridized carbons (Fsp3) is 0.640. The first-order valence-electron chi connectivity index (χ1n) is 12.0. The Bertz CT molecular complexity index is 947. The summed E-state index contributed by atoms with van der Waals surface area (Å²) in [5, 5.41) is 13.4. The Morgan fingerprint density at radius 1 is 1.26 bits per heavy atom. The molecule has 0 aliphatic carbocycles. The van der Waals surface area contributed by atoms with Gasteiger partial charge < -0.3 is 24.8 Å². The molecular formula is C25H38N2O6S. The van der Waals surface area contributed by atoms with E-state index in [1.54, 1.807) is 6.08 Å². The third kappa shape index (κ3) is 7.61. The summed E-state index contributed by atoms with van der Waals surface area (Å²) in [5.41, 5.74) is 3.07. The normalized spacial score (nSPS) is 26.4. The molecule has 0 radical (unpaired) electrons. The van der Waals surface area contributed by atoms with Crippen molar-refractivity contribution in [2.45, 2.75) is 63.6 Å². The smallest absolute Gasteiger partial charge is 0.221 e. The van der Waals surface area contributed by atoms with Crippen molar-refractivity contribution < 1.29 is 27.8 Å². The van der Waals surface area contributed by atoms with Gasteiger partial charge in [-0.2, -0.15) is 0 Å². The number of ether oxygens (including phenoxy) is 2. The number of methoxy groups -OCH3 is 1. The predicted octanol–water partition coefficient (Wildman–Crippen LogP) is 1.77. The Hall–Kier alpha value is -1.78. The summed E-state index contributed by atoms with van der Waals surface area (Å²) in [4.78, 5) is 14.3. The van der Waals surface area contributed by atoms with Gasteiger partial charge in [-0.15, -0.1) is 0 Å². The second kappa shape index (κ2) is 12.3. The molecule has 34 heavy (non-hydrogen) atoms. The van der Waals surface area contributed by atoms with Gasteiger partial charge in [0.1, 0.15) is 6.10 Å². The van der Waals surface area contributed by atoms with E-state index in [0.717, 1.165) is 30.4 Å². The highest BCUT2D eigenvalue weighted by atomic mass is 32.2. The molecule has 2 N–H and O–H groups in total. The van der Waals surface area contributed by atoms with Crippen molar-refractivity contribution >= 4 is 21.3 Å². The number of carbonyl (C=O) groups excluding carboxylic acids is 1. The molecule has 1 amide bonds. The first kappa shape index (κ1) is 26.8. The number of sulfone groups is 1. The summed E-state index contributed by atoms with van der Waals surface area (Å²) in [5.74, 6) is 0.273. The number of benzene rings is 1. The Balaban J connectivity index is 1.30. The Labute approximate surface area is 203 Å². The van der Waals surface area contributed by atoms with Gasteiger partial charge in [-0.05, 0) is 56.4 Å². The van der Waals surface area contributed by atoms with Crippen LogP contribution in [-0.2, 0) is 30.5 Å². The van der Waals surface area contributed by atoms with E-state index in [2.05, 4.69) is 17.4 Å². The molecule has 1 aromatic rings. The number of aliphatic hydroxyl groups is 1. The van der Waals surface area contributed by atoms with Crippen molar-refractivity contribution in [1.29, 1.82) is 0 Å². The van der Waals surface area contributed by atoms with Crippen LogP contribution in [0.1, 0.15) is 43.7 Å². The lowest BCUT2D eigenvalue weighted by Gasteiger charge is -2.41. The summed E-state index contributed by atoms with van der Waals surface area (Å²) in [6, 6.07) is 7.98. The zero-order valence-electron chi connectivity index (χ0n) is 20.4. The molecule has 1 saturated heterocycles. The number of unbranched alkanes of at least 4 members (excludes halogenated alkanes) is 1. The third-order valence-electron chi connectivity index (χ3n) is 6.60. The molecule has 3 rings (SSSR count). The van der Waals surface area contributed by atoms with Gasteiger partial charge >= 0.3 is 0 Å². The largest absolute Gasteiger partial charge is 0.386 e. The van der Waals surface area contributed by atoms with E-state index in [-0.39, 0.29) is 29.6 Å². The highest BCUT2D eigenvalue weighted by molar-refractivity contribution is 7.92. The second-order valence-electron chi connectivity index (χ2n) is 9.36. The number of likely N-dealkylation sites (N-methyl/N-ethyl adjacent to an activating group) is 1. The number of hydrogen-bond acceptors (Lipinski definition) is 7. The molecule has 1 fully saturated rings. The average Bonchev–Trinajstić information content (AvgIpc) is 3.18. The molecule has 2 aliphatic rings. The van der Waals surface area contributed by atoms with E-state index in [4.69, 9.17) is 9.47 Å². The van der Waals surface area contributed by atoms with Gasteiger partial charge in [-0.25, -0.2) is 8.42 Å². The van der Waals surface area contributed by atoms with Crippen LogP contribution < -0.4 is 5.32 Å². The summed E-state index contributed by atoms with van der Waals surface area (Å²) < 4.78 is 34.1. The molecule has 0 bridgehead atoms. The zero-order chi connectivity index (χ0) is 24.7. The summed E-state index contributed by atoms with van der Waals surface area (Å²) >= 11 is 0. The number of hydrogen-bond donors (Lipinski definition) is 2. The van der Waals surface area contributed by atoms with Crippen LogP contribution in [0.15, 0.2) is 30.3 Å². The lowest BCUT2D eigenvalue weighted by Crippen LogP contribution is -2.55. The van der Waals surface area contributed by atoms with Crippen molar-refractivity contribution in [2.75, 3.05) is 38.8 Å². The van der Waals surface area contributed by atoms with E-state index in [1.807, 2.05) is 31.0 Å². The maximum atomic E-state index is 12.2. The number of aliphatic hydroxyl groups excluding tert-OH is 1. The summed E-state index contributed by atoms with van der Waals surface area (Å²) in [6.45, 7) is 3.15. The van der Waals surface area contributed by atoms with E-state index in [0.29, 0.717) is 25.9 Å². The second-order valence-corrected chi connectivity index (χ2v) is 11.5. The lowest BCUT2D eigenvalue weighted by molar-refractivity contribution is -0.243. The number of aryl methyl sites for hydroxylation is 1. The van der Waals surface area contributed by atoms with Crippen molar-refractivity contribution in [1.82, 2.24) is 10.2 Å². The number of nitrogens with one attached hydrogen (secondary N) is 1. The molecule has 9 heteroatoms. The fourth-order valence-corrected chi connectivity index (χ4v) is 5.88. The van der Waals surface area contributed by atoms with Crippen LogP contribution in [0.5, 0.6) is 0 Å². The van der Waals surface area contributed by atoms with Crippen LogP contribution in [0.2, 0.25) is 0 Å². The van der Waals surface area contributed by atoms with E-state index in [9.17, 15) is 18.3 Å².